The second-order valence-corrected chi connectivity index (χ2v) is 6.78. The van der Waals surface area contributed by atoms with Crippen LogP contribution in [0.15, 0.2) is 48.5 Å². The number of benzene rings is 2. The third-order valence-corrected chi connectivity index (χ3v) is 4.99. The fourth-order valence-electron chi connectivity index (χ4n) is 3.64. The molecule has 0 aromatic heterocycles. The molecule has 3 heteroatoms. The topological polar surface area (TPSA) is 6.48 Å². The zero-order chi connectivity index (χ0) is 16.4. The van der Waals surface area contributed by atoms with Gasteiger partial charge in [0.1, 0.15) is 5.82 Å². The van der Waals surface area contributed by atoms with E-state index in [0.29, 0.717) is 18.5 Å². The summed E-state index contributed by atoms with van der Waals surface area (Å²) in [4.78, 5) is 4.68. The zero-order valence-electron chi connectivity index (χ0n) is 14.2. The fourth-order valence-corrected chi connectivity index (χ4v) is 3.64. The Balaban J connectivity index is 1.81. The Bertz CT molecular complexity index is 634. The normalized spacial score (nSPS) is 22.0. The van der Waals surface area contributed by atoms with E-state index in [-0.39, 0.29) is 5.82 Å². The molecule has 3 rings (SSSR count). The summed E-state index contributed by atoms with van der Waals surface area (Å²) in [5, 5.41) is 0. The van der Waals surface area contributed by atoms with Gasteiger partial charge in [-0.1, -0.05) is 42.5 Å². The van der Waals surface area contributed by atoms with E-state index >= 15 is 0 Å². The van der Waals surface area contributed by atoms with Crippen molar-refractivity contribution >= 4 is 0 Å². The van der Waals surface area contributed by atoms with Crippen molar-refractivity contribution in [2.45, 2.75) is 25.4 Å². The largest absolute Gasteiger partial charge is 0.305 e. The molecule has 2 aromatic rings. The second-order valence-electron chi connectivity index (χ2n) is 6.78. The molecule has 23 heavy (non-hydrogen) atoms. The molecule has 0 N–H and O–H groups in total. The minimum Gasteiger partial charge on any atom is -0.305 e. The van der Waals surface area contributed by atoms with Gasteiger partial charge < -0.3 is 4.90 Å². The molecule has 0 amide bonds. The van der Waals surface area contributed by atoms with Gasteiger partial charge in [-0.2, -0.15) is 0 Å². The summed E-state index contributed by atoms with van der Waals surface area (Å²) in [7, 11) is 4.27. The Hall–Kier alpha value is -1.71. The maximum absolute atomic E-state index is 14.1. The molecule has 1 heterocycles. The van der Waals surface area contributed by atoms with Gasteiger partial charge >= 0.3 is 0 Å². The van der Waals surface area contributed by atoms with E-state index in [4.69, 9.17) is 0 Å². The van der Waals surface area contributed by atoms with E-state index in [2.05, 4.69) is 54.2 Å². The lowest BCUT2D eigenvalue weighted by molar-refractivity contribution is 0.258. The average Bonchev–Trinajstić information content (AvgIpc) is 2.96. The van der Waals surface area contributed by atoms with Crippen molar-refractivity contribution in [3.63, 3.8) is 0 Å². The summed E-state index contributed by atoms with van der Waals surface area (Å²) in [6.07, 6.45) is 0. The molecule has 1 aliphatic heterocycles. The van der Waals surface area contributed by atoms with Crippen LogP contribution in [0.5, 0.6) is 0 Å². The maximum Gasteiger partial charge on any atom is 0.127 e. The number of aryl methyl sites for hydroxylation is 1. The van der Waals surface area contributed by atoms with Crippen molar-refractivity contribution < 1.29 is 4.39 Å². The van der Waals surface area contributed by atoms with E-state index in [0.717, 1.165) is 24.2 Å². The van der Waals surface area contributed by atoms with Crippen LogP contribution >= 0.6 is 0 Å². The average molecular weight is 312 g/mol. The molecular weight excluding hydrogens is 287 g/mol. The smallest absolute Gasteiger partial charge is 0.127 e. The van der Waals surface area contributed by atoms with Gasteiger partial charge in [0, 0.05) is 37.2 Å². The number of nitrogens with zero attached hydrogens (tertiary/aromatic N) is 2. The predicted octanol–water partition coefficient (Wildman–Crippen LogP) is 3.66. The van der Waals surface area contributed by atoms with E-state index in [1.54, 1.807) is 12.1 Å². The Morgan fingerprint density at radius 1 is 1.04 bits per heavy atom. The summed E-state index contributed by atoms with van der Waals surface area (Å²) < 4.78 is 14.1. The van der Waals surface area contributed by atoms with Gasteiger partial charge in [0.15, 0.2) is 0 Å². The molecule has 2 atom stereocenters. The molecule has 122 valence electrons. The van der Waals surface area contributed by atoms with Crippen molar-refractivity contribution in [3.05, 3.63) is 71.0 Å². The van der Waals surface area contributed by atoms with Crippen molar-refractivity contribution in [2.75, 3.05) is 27.2 Å². The lowest BCUT2D eigenvalue weighted by Crippen LogP contribution is -2.34. The molecule has 1 saturated heterocycles. The quantitative estimate of drug-likeness (QED) is 0.850. The zero-order valence-corrected chi connectivity index (χ0v) is 14.2. The third kappa shape index (κ3) is 3.46. The van der Waals surface area contributed by atoms with Crippen LogP contribution in [0, 0.1) is 12.7 Å². The van der Waals surface area contributed by atoms with Crippen molar-refractivity contribution in [1.29, 1.82) is 0 Å². The first-order chi connectivity index (χ1) is 11.1. The van der Waals surface area contributed by atoms with E-state index in [9.17, 15) is 4.39 Å². The summed E-state index contributed by atoms with van der Waals surface area (Å²) in [5.41, 5.74) is 3.24. The van der Waals surface area contributed by atoms with Crippen molar-refractivity contribution in [1.82, 2.24) is 9.80 Å². The summed E-state index contributed by atoms with van der Waals surface area (Å²) in [5.74, 6) is 0.382. The van der Waals surface area contributed by atoms with Gasteiger partial charge in [0.05, 0.1) is 0 Å². The van der Waals surface area contributed by atoms with Crippen LogP contribution in [0.4, 0.5) is 4.39 Å². The molecule has 1 aliphatic rings. The molecule has 0 aliphatic carbocycles. The number of hydrogen-bond donors (Lipinski definition) is 0. The highest BCUT2D eigenvalue weighted by atomic mass is 19.1. The lowest BCUT2D eigenvalue weighted by atomic mass is 9.94. The summed E-state index contributed by atoms with van der Waals surface area (Å²) in [6, 6.07) is 16.5. The van der Waals surface area contributed by atoms with Crippen LogP contribution in [-0.2, 0) is 6.54 Å². The number of likely N-dealkylation sites (tertiary alicyclic amines) is 1. The number of halogens is 1. The predicted molar refractivity (Wildman–Crippen MR) is 93.1 cm³/mol. The molecule has 2 aromatic carbocycles. The summed E-state index contributed by atoms with van der Waals surface area (Å²) in [6.45, 7) is 4.62. The van der Waals surface area contributed by atoms with Gasteiger partial charge in [0.2, 0.25) is 0 Å². The van der Waals surface area contributed by atoms with Gasteiger partial charge in [-0.3, -0.25) is 4.90 Å². The highest BCUT2D eigenvalue weighted by Gasteiger charge is 2.35. The maximum atomic E-state index is 14.1. The van der Waals surface area contributed by atoms with Gasteiger partial charge in [-0.05, 0) is 38.2 Å². The molecular formula is C20H25FN2. The Labute approximate surface area is 138 Å². The first-order valence-electron chi connectivity index (χ1n) is 8.24. The lowest BCUT2D eigenvalue weighted by Gasteiger charge is -2.25. The second kappa shape index (κ2) is 6.81. The molecule has 1 fully saturated rings. The third-order valence-electron chi connectivity index (χ3n) is 4.99. The first kappa shape index (κ1) is 16.2. The van der Waals surface area contributed by atoms with Crippen LogP contribution < -0.4 is 0 Å². The molecule has 0 radical (unpaired) electrons. The minimum atomic E-state index is -0.0884. The van der Waals surface area contributed by atoms with Gasteiger partial charge in [0.25, 0.3) is 0 Å². The standard InChI is InChI=1S/C20H25FN2/c1-15-8-7-11-19(21)17(15)12-23-13-18(20(14-23)22(2)3)16-9-5-4-6-10-16/h4-11,18,20H,12-14H2,1-3H3/t18-,20+/m1/s1. The van der Waals surface area contributed by atoms with Crippen LogP contribution in [0.2, 0.25) is 0 Å². The summed E-state index contributed by atoms with van der Waals surface area (Å²) >= 11 is 0. The number of rotatable bonds is 4. The molecule has 0 spiro atoms. The molecule has 0 unspecified atom stereocenters. The van der Waals surface area contributed by atoms with Crippen molar-refractivity contribution in [2.24, 2.45) is 0 Å². The van der Waals surface area contributed by atoms with Crippen LogP contribution in [-0.4, -0.2) is 43.0 Å². The van der Waals surface area contributed by atoms with E-state index < -0.39 is 0 Å². The Morgan fingerprint density at radius 2 is 1.78 bits per heavy atom. The fraction of sp³-hybridized carbons (Fsp3) is 0.400. The van der Waals surface area contributed by atoms with Crippen LogP contribution in [0.1, 0.15) is 22.6 Å². The molecule has 2 nitrogen and oxygen atoms in total. The minimum absolute atomic E-state index is 0.0884. The molecule has 0 bridgehead atoms. The highest BCUT2D eigenvalue weighted by Crippen LogP contribution is 2.31. The van der Waals surface area contributed by atoms with Gasteiger partial charge in [-0.15, -0.1) is 0 Å². The highest BCUT2D eigenvalue weighted by molar-refractivity contribution is 5.28. The molecule has 0 saturated carbocycles. The van der Waals surface area contributed by atoms with E-state index in [1.807, 2.05) is 13.0 Å². The van der Waals surface area contributed by atoms with Crippen LogP contribution in [0.3, 0.4) is 0 Å². The first-order valence-corrected chi connectivity index (χ1v) is 8.24. The number of likely N-dealkylation sites (N-methyl/N-ethyl adjacent to an activating group) is 1. The van der Waals surface area contributed by atoms with E-state index in [1.165, 1.54) is 5.56 Å². The Morgan fingerprint density at radius 3 is 2.43 bits per heavy atom. The SMILES string of the molecule is Cc1cccc(F)c1CN1C[C@H](c2ccccc2)[C@@H](N(C)C)C1. The Kier molecular flexibility index (Phi) is 4.79. The monoisotopic (exact) mass is 312 g/mol. The number of hydrogen-bond acceptors (Lipinski definition) is 2. The van der Waals surface area contributed by atoms with Gasteiger partial charge in [-0.25, -0.2) is 4.39 Å². The van der Waals surface area contributed by atoms with Crippen molar-refractivity contribution in [3.8, 4) is 0 Å². The van der Waals surface area contributed by atoms with Crippen LogP contribution in [0.25, 0.3) is 0 Å².